The van der Waals surface area contributed by atoms with Gasteiger partial charge in [0.2, 0.25) is 15.9 Å². The monoisotopic (exact) mass is 376 g/mol. The van der Waals surface area contributed by atoms with Crippen molar-refractivity contribution in [2.24, 2.45) is 5.92 Å². The van der Waals surface area contributed by atoms with Crippen LogP contribution in [0.5, 0.6) is 0 Å². The van der Waals surface area contributed by atoms with E-state index < -0.39 is 10.0 Å². The van der Waals surface area contributed by atoms with Gasteiger partial charge in [-0.05, 0) is 31.9 Å². The van der Waals surface area contributed by atoms with E-state index in [-0.39, 0.29) is 22.8 Å². The molecule has 0 heterocycles. The predicted molar refractivity (Wildman–Crippen MR) is 104 cm³/mol. The molecule has 1 saturated carbocycles. The van der Waals surface area contributed by atoms with Gasteiger partial charge in [0.1, 0.15) is 0 Å². The van der Waals surface area contributed by atoms with Crippen LogP contribution in [-0.4, -0.2) is 38.4 Å². The fourth-order valence-electron chi connectivity index (χ4n) is 3.35. The third-order valence-corrected chi connectivity index (χ3v) is 6.24. The third-order valence-electron chi connectivity index (χ3n) is 4.73. The highest BCUT2D eigenvalue weighted by Gasteiger charge is 2.35. The first-order chi connectivity index (χ1) is 12.4. The van der Waals surface area contributed by atoms with E-state index in [0.29, 0.717) is 25.9 Å². The topological polar surface area (TPSA) is 66.5 Å². The standard InChI is InChI=1S/C20H28N2O3S/c1-4-14-22(15-5-2)20(23)18-8-6-7-9-19(18)21-26(24,25)17-12-10-16(3)11-13-17/h4-5,10-13,18-19,21H,1-2,6-9,14-15H2,3H3/t18-,19+/m1/s1. The average molecular weight is 377 g/mol. The van der Waals surface area contributed by atoms with E-state index in [1.165, 1.54) is 0 Å². The molecule has 1 aromatic carbocycles. The molecule has 0 unspecified atom stereocenters. The van der Waals surface area contributed by atoms with Crippen LogP contribution >= 0.6 is 0 Å². The van der Waals surface area contributed by atoms with Crippen molar-refractivity contribution in [2.45, 2.75) is 43.5 Å². The lowest BCUT2D eigenvalue weighted by Crippen LogP contribution is -2.49. The summed E-state index contributed by atoms with van der Waals surface area (Å²) in [7, 11) is -3.65. The third kappa shape index (κ3) is 5.05. The van der Waals surface area contributed by atoms with E-state index in [9.17, 15) is 13.2 Å². The van der Waals surface area contributed by atoms with Crippen LogP contribution in [0.1, 0.15) is 31.2 Å². The van der Waals surface area contributed by atoms with Gasteiger partial charge in [0, 0.05) is 19.1 Å². The Labute approximate surface area is 156 Å². The van der Waals surface area contributed by atoms with Crippen molar-refractivity contribution >= 4 is 15.9 Å². The Morgan fingerprint density at radius 1 is 1.15 bits per heavy atom. The maximum Gasteiger partial charge on any atom is 0.240 e. The minimum absolute atomic E-state index is 0.0406. The Kier molecular flexibility index (Phi) is 7.17. The van der Waals surface area contributed by atoms with E-state index in [4.69, 9.17) is 0 Å². The zero-order valence-corrected chi connectivity index (χ0v) is 16.2. The lowest BCUT2D eigenvalue weighted by Gasteiger charge is -2.34. The first-order valence-corrected chi connectivity index (χ1v) is 10.5. The average Bonchev–Trinajstić information content (AvgIpc) is 2.61. The van der Waals surface area contributed by atoms with Crippen LogP contribution < -0.4 is 4.72 Å². The number of carbonyl (C=O) groups excluding carboxylic acids is 1. The fourth-order valence-corrected chi connectivity index (χ4v) is 4.66. The molecule has 0 spiro atoms. The van der Waals surface area contributed by atoms with Gasteiger partial charge in [-0.15, -0.1) is 13.2 Å². The van der Waals surface area contributed by atoms with E-state index in [1.807, 2.05) is 6.92 Å². The van der Waals surface area contributed by atoms with Crippen molar-refractivity contribution in [1.82, 2.24) is 9.62 Å². The number of aryl methyl sites for hydroxylation is 1. The van der Waals surface area contributed by atoms with Gasteiger partial charge < -0.3 is 4.90 Å². The minimum Gasteiger partial charge on any atom is -0.335 e. The molecule has 2 rings (SSSR count). The normalized spacial score (nSPS) is 20.3. The first-order valence-electron chi connectivity index (χ1n) is 8.98. The molecule has 1 amide bonds. The highest BCUT2D eigenvalue weighted by molar-refractivity contribution is 7.89. The summed E-state index contributed by atoms with van der Waals surface area (Å²) in [5, 5.41) is 0. The number of nitrogens with one attached hydrogen (secondary N) is 1. The molecular weight excluding hydrogens is 348 g/mol. The van der Waals surface area contributed by atoms with Crippen molar-refractivity contribution in [2.75, 3.05) is 13.1 Å². The number of hydrogen-bond acceptors (Lipinski definition) is 3. The zero-order valence-electron chi connectivity index (χ0n) is 15.4. The van der Waals surface area contributed by atoms with Crippen LogP contribution in [-0.2, 0) is 14.8 Å². The molecule has 142 valence electrons. The molecule has 26 heavy (non-hydrogen) atoms. The second-order valence-corrected chi connectivity index (χ2v) is 8.47. The van der Waals surface area contributed by atoms with Crippen LogP contribution in [0, 0.1) is 12.8 Å². The number of amides is 1. The van der Waals surface area contributed by atoms with Crippen LogP contribution in [0.2, 0.25) is 0 Å². The largest absolute Gasteiger partial charge is 0.335 e. The number of benzene rings is 1. The van der Waals surface area contributed by atoms with E-state index in [1.54, 1.807) is 41.3 Å². The molecule has 0 radical (unpaired) electrons. The second kappa shape index (κ2) is 9.14. The number of rotatable bonds is 8. The first kappa shape index (κ1) is 20.4. The summed E-state index contributed by atoms with van der Waals surface area (Å²) in [6.45, 7) is 10.2. The van der Waals surface area contributed by atoms with Gasteiger partial charge in [-0.2, -0.15) is 0 Å². The summed E-state index contributed by atoms with van der Waals surface area (Å²) in [5.41, 5.74) is 0.999. The van der Waals surface area contributed by atoms with E-state index in [0.717, 1.165) is 18.4 Å². The molecule has 1 aliphatic carbocycles. The number of carbonyl (C=O) groups is 1. The molecule has 1 aromatic rings. The van der Waals surface area contributed by atoms with Gasteiger partial charge in [-0.3, -0.25) is 4.79 Å². The quantitative estimate of drug-likeness (QED) is 0.709. The van der Waals surface area contributed by atoms with Gasteiger partial charge in [0.25, 0.3) is 0 Å². The van der Waals surface area contributed by atoms with Crippen molar-refractivity contribution in [3.8, 4) is 0 Å². The Balaban J connectivity index is 2.19. The molecule has 6 heteroatoms. The van der Waals surface area contributed by atoms with Crippen molar-refractivity contribution in [3.05, 3.63) is 55.1 Å². The van der Waals surface area contributed by atoms with Crippen LogP contribution in [0.15, 0.2) is 54.5 Å². The minimum atomic E-state index is -3.65. The summed E-state index contributed by atoms with van der Waals surface area (Å²) in [6.07, 6.45) is 6.54. The smallest absolute Gasteiger partial charge is 0.240 e. The Bertz CT molecular complexity index is 731. The van der Waals surface area contributed by atoms with Crippen molar-refractivity contribution in [1.29, 1.82) is 0 Å². The van der Waals surface area contributed by atoms with Gasteiger partial charge in [0.15, 0.2) is 0 Å². The molecule has 0 aromatic heterocycles. The van der Waals surface area contributed by atoms with Crippen molar-refractivity contribution in [3.63, 3.8) is 0 Å². The van der Waals surface area contributed by atoms with Crippen LogP contribution in [0.4, 0.5) is 0 Å². The number of hydrogen-bond donors (Lipinski definition) is 1. The van der Waals surface area contributed by atoms with Crippen LogP contribution in [0.25, 0.3) is 0 Å². The summed E-state index contributed by atoms with van der Waals surface area (Å²) in [6, 6.07) is 6.35. The summed E-state index contributed by atoms with van der Waals surface area (Å²) in [5.74, 6) is -0.398. The molecule has 2 atom stereocenters. The van der Waals surface area contributed by atoms with Crippen LogP contribution in [0.3, 0.4) is 0 Å². The molecule has 0 bridgehead atoms. The molecule has 1 N–H and O–H groups in total. The molecule has 0 saturated heterocycles. The summed E-state index contributed by atoms with van der Waals surface area (Å²) in [4.78, 5) is 14.9. The highest BCUT2D eigenvalue weighted by Crippen LogP contribution is 2.28. The lowest BCUT2D eigenvalue weighted by molar-refractivity contribution is -0.136. The molecule has 0 aliphatic heterocycles. The fraction of sp³-hybridized carbons (Fsp3) is 0.450. The Morgan fingerprint density at radius 2 is 1.73 bits per heavy atom. The molecular formula is C20H28N2O3S. The number of nitrogens with zero attached hydrogens (tertiary/aromatic N) is 1. The lowest BCUT2D eigenvalue weighted by atomic mass is 9.84. The highest BCUT2D eigenvalue weighted by atomic mass is 32.2. The predicted octanol–water partition coefficient (Wildman–Crippen LogP) is 3.03. The van der Waals surface area contributed by atoms with Gasteiger partial charge in [-0.1, -0.05) is 42.7 Å². The van der Waals surface area contributed by atoms with E-state index in [2.05, 4.69) is 17.9 Å². The van der Waals surface area contributed by atoms with Gasteiger partial charge in [-0.25, -0.2) is 13.1 Å². The number of sulfonamides is 1. The van der Waals surface area contributed by atoms with E-state index >= 15 is 0 Å². The molecule has 5 nitrogen and oxygen atoms in total. The zero-order chi connectivity index (χ0) is 19.2. The molecule has 1 fully saturated rings. The Morgan fingerprint density at radius 3 is 2.31 bits per heavy atom. The maximum atomic E-state index is 13.0. The van der Waals surface area contributed by atoms with Gasteiger partial charge >= 0.3 is 0 Å². The second-order valence-electron chi connectivity index (χ2n) is 6.75. The molecule has 1 aliphatic rings. The van der Waals surface area contributed by atoms with Crippen molar-refractivity contribution < 1.29 is 13.2 Å². The van der Waals surface area contributed by atoms with Gasteiger partial charge in [0.05, 0.1) is 10.8 Å². The summed E-state index contributed by atoms with van der Waals surface area (Å²) < 4.78 is 28.2. The maximum absolute atomic E-state index is 13.0. The Hall–Kier alpha value is -1.92. The SMILES string of the molecule is C=CCN(CC=C)C(=O)[C@@H]1CCCC[C@@H]1NS(=O)(=O)c1ccc(C)cc1. The summed E-state index contributed by atoms with van der Waals surface area (Å²) >= 11 is 0.